The number of amides is 1. The fourth-order valence-electron chi connectivity index (χ4n) is 0.731. The van der Waals surface area contributed by atoms with Crippen molar-refractivity contribution in [2.24, 2.45) is 5.73 Å². The fourth-order valence-corrected chi connectivity index (χ4v) is 0.731. The normalized spacial score (nSPS) is 28.8. The van der Waals surface area contributed by atoms with E-state index in [1.165, 1.54) is 0 Å². The summed E-state index contributed by atoms with van der Waals surface area (Å²) in [4.78, 5) is 10.7. The fraction of sp³-hybridized carbons (Fsp3) is 0.571. The van der Waals surface area contributed by atoms with Crippen molar-refractivity contribution in [2.45, 2.75) is 24.9 Å². The molecule has 54 valence electrons. The molecule has 2 atom stereocenters. The van der Waals surface area contributed by atoms with Crippen LogP contribution in [-0.2, 0) is 4.79 Å². The first-order chi connectivity index (χ1) is 4.74. The van der Waals surface area contributed by atoms with E-state index in [0.717, 1.165) is 6.42 Å². The molecule has 2 unspecified atom stereocenters. The summed E-state index contributed by atoms with van der Waals surface area (Å²) in [5.41, 5.74) is 5.44. The van der Waals surface area contributed by atoms with Crippen LogP contribution >= 0.6 is 0 Å². The zero-order valence-corrected chi connectivity index (χ0v) is 5.63. The van der Waals surface area contributed by atoms with Gasteiger partial charge in [0.05, 0.1) is 6.42 Å². The van der Waals surface area contributed by atoms with Crippen LogP contribution in [0.4, 0.5) is 0 Å². The number of carbonyl (C=O) groups excluding carboxylic acids is 1. The van der Waals surface area contributed by atoms with E-state index in [-0.39, 0.29) is 24.4 Å². The van der Waals surface area contributed by atoms with Crippen molar-refractivity contribution >= 4 is 5.91 Å². The van der Waals surface area contributed by atoms with Crippen LogP contribution in [0.1, 0.15) is 12.8 Å². The van der Waals surface area contributed by atoms with E-state index in [9.17, 15) is 4.79 Å². The van der Waals surface area contributed by atoms with Gasteiger partial charge in [-0.2, -0.15) is 0 Å². The molecule has 0 saturated heterocycles. The van der Waals surface area contributed by atoms with Crippen LogP contribution in [0.25, 0.3) is 0 Å². The second-order valence-corrected chi connectivity index (χ2v) is 2.45. The van der Waals surface area contributed by atoms with Crippen molar-refractivity contribution in [1.82, 2.24) is 5.32 Å². The Bertz CT molecular complexity index is 183. The maximum atomic E-state index is 10.7. The largest absolute Gasteiger partial charge is 0.351 e. The highest BCUT2D eigenvalue weighted by molar-refractivity contribution is 5.79. The third-order valence-electron chi connectivity index (χ3n) is 1.45. The molecule has 0 aliphatic heterocycles. The lowest BCUT2D eigenvalue weighted by molar-refractivity contribution is -0.120. The first kappa shape index (κ1) is 7.10. The first-order valence-electron chi connectivity index (χ1n) is 3.22. The average Bonchev–Trinajstić information content (AvgIpc) is 2.47. The van der Waals surface area contributed by atoms with Crippen molar-refractivity contribution in [1.29, 1.82) is 0 Å². The molecule has 3 heteroatoms. The maximum absolute atomic E-state index is 10.7. The van der Waals surface area contributed by atoms with Crippen LogP contribution in [-0.4, -0.2) is 18.0 Å². The Labute approximate surface area is 60.0 Å². The Morgan fingerprint density at radius 3 is 2.90 bits per heavy atom. The number of hydrogen-bond acceptors (Lipinski definition) is 2. The van der Waals surface area contributed by atoms with E-state index in [1.54, 1.807) is 0 Å². The van der Waals surface area contributed by atoms with Gasteiger partial charge in [-0.15, -0.1) is 6.42 Å². The van der Waals surface area contributed by atoms with Gasteiger partial charge in [0.1, 0.15) is 0 Å². The highest BCUT2D eigenvalue weighted by atomic mass is 16.1. The molecule has 1 saturated carbocycles. The molecule has 10 heavy (non-hydrogen) atoms. The van der Waals surface area contributed by atoms with E-state index in [4.69, 9.17) is 12.2 Å². The van der Waals surface area contributed by atoms with Gasteiger partial charge in [0.15, 0.2) is 0 Å². The monoisotopic (exact) mass is 138 g/mol. The summed E-state index contributed by atoms with van der Waals surface area (Å²) >= 11 is 0. The lowest BCUT2D eigenvalue weighted by atomic mass is 10.4. The Balaban J connectivity index is 2.15. The van der Waals surface area contributed by atoms with Crippen LogP contribution in [0.2, 0.25) is 0 Å². The molecule has 3 N–H and O–H groups in total. The number of hydrogen-bond donors (Lipinski definition) is 2. The quantitative estimate of drug-likeness (QED) is 0.492. The third-order valence-corrected chi connectivity index (χ3v) is 1.45. The van der Waals surface area contributed by atoms with Crippen molar-refractivity contribution in [3.8, 4) is 12.3 Å². The minimum atomic E-state index is -0.0968. The zero-order chi connectivity index (χ0) is 7.56. The minimum absolute atomic E-state index is 0.0968. The molecule has 0 aromatic rings. The molecule has 1 aliphatic carbocycles. The van der Waals surface area contributed by atoms with E-state index >= 15 is 0 Å². The van der Waals surface area contributed by atoms with Crippen molar-refractivity contribution in [3.05, 3.63) is 0 Å². The molecule has 0 heterocycles. The van der Waals surface area contributed by atoms with E-state index in [2.05, 4.69) is 11.2 Å². The first-order valence-corrected chi connectivity index (χ1v) is 3.22. The molecule has 0 bridgehead atoms. The predicted molar refractivity (Wildman–Crippen MR) is 38.0 cm³/mol. The van der Waals surface area contributed by atoms with Crippen LogP contribution in [0.5, 0.6) is 0 Å². The van der Waals surface area contributed by atoms with Crippen molar-refractivity contribution < 1.29 is 4.79 Å². The minimum Gasteiger partial charge on any atom is -0.351 e. The standard InChI is InChI=1S/C7H10N2O/c1-2-3-7(10)9-6-4-5(6)8/h1,5-6H,3-4,8H2,(H,9,10). The van der Waals surface area contributed by atoms with Gasteiger partial charge in [0.25, 0.3) is 0 Å². The average molecular weight is 138 g/mol. The summed E-state index contributed by atoms with van der Waals surface area (Å²) in [5, 5.41) is 2.70. The third kappa shape index (κ3) is 1.74. The second kappa shape index (κ2) is 2.72. The van der Waals surface area contributed by atoms with Gasteiger partial charge in [0.2, 0.25) is 5.91 Å². The molecule has 0 spiro atoms. The summed E-state index contributed by atoms with van der Waals surface area (Å²) in [5.74, 6) is 2.17. The molecule has 1 aliphatic rings. The smallest absolute Gasteiger partial charge is 0.232 e. The van der Waals surface area contributed by atoms with E-state index in [1.807, 2.05) is 0 Å². The van der Waals surface area contributed by atoms with Gasteiger partial charge in [0, 0.05) is 12.1 Å². The summed E-state index contributed by atoms with van der Waals surface area (Å²) in [6.07, 6.45) is 5.96. The van der Waals surface area contributed by atoms with Crippen molar-refractivity contribution in [3.63, 3.8) is 0 Å². The molecule has 3 nitrogen and oxygen atoms in total. The summed E-state index contributed by atoms with van der Waals surface area (Å²) in [6.45, 7) is 0. The molecule has 1 rings (SSSR count). The SMILES string of the molecule is C#CCC(=O)NC1CC1N. The Kier molecular flexibility index (Phi) is 1.93. The number of nitrogens with two attached hydrogens (primary N) is 1. The topological polar surface area (TPSA) is 55.1 Å². The Morgan fingerprint density at radius 1 is 1.90 bits per heavy atom. The Morgan fingerprint density at radius 2 is 2.50 bits per heavy atom. The molecule has 1 fully saturated rings. The van der Waals surface area contributed by atoms with Crippen LogP contribution in [0.3, 0.4) is 0 Å². The maximum Gasteiger partial charge on any atom is 0.232 e. The van der Waals surface area contributed by atoms with Crippen LogP contribution in [0, 0.1) is 12.3 Å². The summed E-state index contributed by atoms with van der Waals surface area (Å²) < 4.78 is 0. The molecular weight excluding hydrogens is 128 g/mol. The highest BCUT2D eigenvalue weighted by Crippen LogP contribution is 2.17. The van der Waals surface area contributed by atoms with E-state index in [0.29, 0.717) is 0 Å². The molecule has 0 aromatic heterocycles. The predicted octanol–water partition coefficient (Wildman–Crippen LogP) is -0.774. The second-order valence-electron chi connectivity index (χ2n) is 2.45. The van der Waals surface area contributed by atoms with Crippen LogP contribution in [0.15, 0.2) is 0 Å². The van der Waals surface area contributed by atoms with Gasteiger partial charge in [-0.05, 0) is 6.42 Å². The lowest BCUT2D eigenvalue weighted by Gasteiger charge is -1.97. The summed E-state index contributed by atoms with van der Waals surface area (Å²) in [7, 11) is 0. The molecular formula is C7H10N2O. The van der Waals surface area contributed by atoms with Gasteiger partial charge in [-0.3, -0.25) is 4.79 Å². The van der Waals surface area contributed by atoms with Gasteiger partial charge < -0.3 is 11.1 Å². The van der Waals surface area contributed by atoms with Crippen LogP contribution < -0.4 is 11.1 Å². The number of nitrogens with one attached hydrogen (secondary N) is 1. The zero-order valence-electron chi connectivity index (χ0n) is 5.63. The Hall–Kier alpha value is -1.01. The molecule has 0 aromatic carbocycles. The number of carbonyl (C=O) groups is 1. The molecule has 0 radical (unpaired) electrons. The van der Waals surface area contributed by atoms with E-state index < -0.39 is 0 Å². The molecule has 1 amide bonds. The van der Waals surface area contributed by atoms with Crippen molar-refractivity contribution in [2.75, 3.05) is 0 Å². The van der Waals surface area contributed by atoms with Gasteiger partial charge >= 0.3 is 0 Å². The van der Waals surface area contributed by atoms with Gasteiger partial charge in [-0.25, -0.2) is 0 Å². The number of rotatable bonds is 2. The highest BCUT2D eigenvalue weighted by Gasteiger charge is 2.34. The summed E-state index contributed by atoms with van der Waals surface area (Å²) in [6, 6.07) is 0.336. The lowest BCUT2D eigenvalue weighted by Crippen LogP contribution is -2.28. The van der Waals surface area contributed by atoms with Gasteiger partial charge in [-0.1, -0.05) is 5.92 Å². The number of terminal acetylenes is 1.